The smallest absolute Gasteiger partial charge is 0 e. The van der Waals surface area contributed by atoms with Gasteiger partial charge in [0, 0.05) is 32.7 Å². The first kappa shape index (κ1) is 9.17. The van der Waals surface area contributed by atoms with Crippen molar-refractivity contribution in [3.63, 3.8) is 0 Å². The van der Waals surface area contributed by atoms with Crippen LogP contribution in [-0.4, -0.2) is 7.05 Å². The topological polar surface area (TPSA) is 12.0 Å². The van der Waals surface area contributed by atoms with E-state index in [-0.39, 0.29) is 32.7 Å². The molecule has 0 saturated heterocycles. The normalized spacial score (nSPS) is 4.20. The van der Waals surface area contributed by atoms with Crippen molar-refractivity contribution in [1.29, 1.82) is 0 Å². The minimum absolute atomic E-state index is 0. The van der Waals surface area contributed by atoms with Crippen LogP contribution in [0.1, 0.15) is 0 Å². The van der Waals surface area contributed by atoms with E-state index in [9.17, 15) is 0 Å². The molecule has 0 rings (SSSR count). The zero-order valence-corrected chi connectivity index (χ0v) is 6.12. The molecule has 0 aliphatic heterocycles. The van der Waals surface area contributed by atoms with E-state index >= 15 is 0 Å². The van der Waals surface area contributed by atoms with Crippen LogP contribution in [0.2, 0.25) is 0 Å². The molecule has 0 aromatic rings. The quantitative estimate of drug-likeness (QED) is 0.409. The number of hydrogen-bond donors (Lipinski definition) is 1. The third-order valence-electron chi connectivity index (χ3n) is 0.177. The fourth-order valence-corrected chi connectivity index (χ4v) is 0. The summed E-state index contributed by atoms with van der Waals surface area (Å²) in [6.45, 7) is 3.24. The van der Waals surface area contributed by atoms with Gasteiger partial charge in [0.2, 0.25) is 0 Å². The second-order valence-corrected chi connectivity index (χ2v) is 0.427. The Morgan fingerprint density at radius 2 is 2.00 bits per heavy atom. The van der Waals surface area contributed by atoms with Gasteiger partial charge in [0.15, 0.2) is 0 Å². The molecule has 27 valence electrons. The maximum absolute atomic E-state index is 3.24. The van der Waals surface area contributed by atoms with Crippen LogP contribution in [-0.2, 0) is 32.7 Å². The standard InChI is InChI=1S/C3H6N.Y/c1-3-4-2;/h4H,1H2,2H3;/q-1;. The predicted molar refractivity (Wildman–Crippen MR) is 17.9 cm³/mol. The van der Waals surface area contributed by atoms with Crippen LogP contribution in [0.15, 0.2) is 6.58 Å². The Hall–Kier alpha value is 0.644. The molecule has 0 spiro atoms. The van der Waals surface area contributed by atoms with Gasteiger partial charge in [-0.1, -0.05) is 0 Å². The monoisotopic (exact) mass is 145 g/mol. The summed E-state index contributed by atoms with van der Waals surface area (Å²) in [7, 11) is 1.76. The number of rotatable bonds is 1. The van der Waals surface area contributed by atoms with Gasteiger partial charge < -0.3 is 11.5 Å². The van der Waals surface area contributed by atoms with E-state index in [1.807, 2.05) is 0 Å². The summed E-state index contributed by atoms with van der Waals surface area (Å²) in [4.78, 5) is 0. The summed E-state index contributed by atoms with van der Waals surface area (Å²) in [5.74, 6) is 0. The maximum atomic E-state index is 3.24. The first-order valence-corrected chi connectivity index (χ1v) is 1.10. The Bertz CT molecular complexity index is 20.9. The molecule has 0 amide bonds. The van der Waals surface area contributed by atoms with Crippen LogP contribution < -0.4 is 5.32 Å². The third kappa shape index (κ3) is 12.0. The molecule has 0 aliphatic rings. The molecule has 1 nitrogen and oxygen atoms in total. The Labute approximate surface area is 57.7 Å². The van der Waals surface area contributed by atoms with E-state index in [4.69, 9.17) is 0 Å². The molecule has 0 fully saturated rings. The minimum atomic E-state index is 0. The minimum Gasteiger partial charge on any atom is -0.570 e. The summed E-state index contributed by atoms with van der Waals surface area (Å²) >= 11 is 0. The van der Waals surface area contributed by atoms with Crippen molar-refractivity contribution in [2.45, 2.75) is 0 Å². The molecule has 0 unspecified atom stereocenters. The molecule has 0 heterocycles. The molecule has 5 heavy (non-hydrogen) atoms. The number of hydrogen-bond acceptors (Lipinski definition) is 1. The molecular formula is C3H6NY-. The van der Waals surface area contributed by atoms with Crippen LogP contribution in [0.25, 0.3) is 0 Å². The summed E-state index contributed by atoms with van der Waals surface area (Å²) in [6, 6.07) is 0. The average molecular weight is 145 g/mol. The van der Waals surface area contributed by atoms with Gasteiger partial charge in [-0.25, -0.2) is 0 Å². The molecule has 0 atom stereocenters. The van der Waals surface area contributed by atoms with E-state index < -0.39 is 0 Å². The van der Waals surface area contributed by atoms with Crippen molar-refractivity contribution in [2.24, 2.45) is 0 Å². The SMILES string of the molecule is C=[C-]NC.[Y]. The molecule has 0 bridgehead atoms. The Morgan fingerprint density at radius 3 is 2.00 bits per heavy atom. The molecular weight excluding hydrogens is 139 g/mol. The van der Waals surface area contributed by atoms with Crippen molar-refractivity contribution in [3.8, 4) is 0 Å². The van der Waals surface area contributed by atoms with Crippen LogP contribution in [0.5, 0.6) is 0 Å². The Morgan fingerprint density at radius 1 is 1.80 bits per heavy atom. The first-order chi connectivity index (χ1) is 1.91. The van der Waals surface area contributed by atoms with E-state index in [0.717, 1.165) is 0 Å². The van der Waals surface area contributed by atoms with E-state index in [2.05, 4.69) is 18.1 Å². The van der Waals surface area contributed by atoms with Gasteiger partial charge in [0.25, 0.3) is 0 Å². The molecule has 1 radical (unpaired) electrons. The van der Waals surface area contributed by atoms with E-state index in [0.29, 0.717) is 0 Å². The summed E-state index contributed by atoms with van der Waals surface area (Å²) in [6.07, 6.45) is 2.43. The van der Waals surface area contributed by atoms with Gasteiger partial charge in [-0.05, 0) is 7.05 Å². The van der Waals surface area contributed by atoms with Gasteiger partial charge in [0.05, 0.1) is 0 Å². The summed E-state index contributed by atoms with van der Waals surface area (Å²) in [5, 5.41) is 2.57. The van der Waals surface area contributed by atoms with Gasteiger partial charge in [-0.3, -0.25) is 6.58 Å². The zero-order valence-electron chi connectivity index (χ0n) is 3.28. The molecule has 2 heteroatoms. The predicted octanol–water partition coefficient (Wildman–Crippen LogP) is 0.150. The molecule has 0 aromatic carbocycles. The summed E-state index contributed by atoms with van der Waals surface area (Å²) in [5.41, 5.74) is 0. The van der Waals surface area contributed by atoms with Gasteiger partial charge in [0.1, 0.15) is 0 Å². The van der Waals surface area contributed by atoms with Crippen molar-refractivity contribution >= 4 is 0 Å². The van der Waals surface area contributed by atoms with Gasteiger partial charge in [-0.2, -0.15) is 0 Å². The molecule has 0 aliphatic carbocycles. The second kappa shape index (κ2) is 8.82. The fourth-order valence-electron chi connectivity index (χ4n) is 0. The first-order valence-electron chi connectivity index (χ1n) is 1.10. The summed E-state index contributed by atoms with van der Waals surface area (Å²) < 4.78 is 0. The second-order valence-electron chi connectivity index (χ2n) is 0.427. The van der Waals surface area contributed by atoms with Crippen molar-refractivity contribution in [3.05, 3.63) is 12.8 Å². The van der Waals surface area contributed by atoms with Gasteiger partial charge >= 0.3 is 0 Å². The van der Waals surface area contributed by atoms with Crippen molar-refractivity contribution in [2.75, 3.05) is 7.05 Å². The van der Waals surface area contributed by atoms with Crippen LogP contribution in [0, 0.1) is 6.20 Å². The third-order valence-corrected chi connectivity index (χ3v) is 0.177. The number of nitrogens with one attached hydrogen (secondary N) is 1. The van der Waals surface area contributed by atoms with Crippen LogP contribution >= 0.6 is 0 Å². The van der Waals surface area contributed by atoms with Gasteiger partial charge in [-0.15, -0.1) is 0 Å². The van der Waals surface area contributed by atoms with Crippen molar-refractivity contribution < 1.29 is 32.7 Å². The molecule has 0 aromatic heterocycles. The van der Waals surface area contributed by atoms with E-state index in [1.54, 1.807) is 7.05 Å². The van der Waals surface area contributed by atoms with Crippen molar-refractivity contribution in [1.82, 2.24) is 5.32 Å². The largest absolute Gasteiger partial charge is 0.570 e. The van der Waals surface area contributed by atoms with Crippen LogP contribution in [0.4, 0.5) is 0 Å². The Balaban J connectivity index is 0. The molecule has 0 saturated carbocycles. The van der Waals surface area contributed by atoms with E-state index in [1.165, 1.54) is 0 Å². The maximum Gasteiger partial charge on any atom is 0 e. The molecule has 1 N–H and O–H groups in total. The zero-order chi connectivity index (χ0) is 3.41. The Kier molecular flexibility index (Phi) is 16.2. The van der Waals surface area contributed by atoms with Crippen LogP contribution in [0.3, 0.4) is 0 Å². The average Bonchev–Trinajstić information content (AvgIpc) is 1.37. The fraction of sp³-hybridized carbons (Fsp3) is 0.333.